The molecule has 128 valence electrons. The summed E-state index contributed by atoms with van der Waals surface area (Å²) in [6, 6.07) is 3.79. The fourth-order valence-electron chi connectivity index (χ4n) is 2.63. The van der Waals surface area contributed by atoms with Crippen LogP contribution < -0.4 is 5.32 Å². The summed E-state index contributed by atoms with van der Waals surface area (Å²) in [5, 5.41) is 4.92. The van der Waals surface area contributed by atoms with Crippen LogP contribution in [0.5, 0.6) is 0 Å². The maximum Gasteiger partial charge on any atom is 0.264 e. The van der Waals surface area contributed by atoms with Crippen molar-refractivity contribution in [1.29, 1.82) is 0 Å². The molecule has 0 spiro atoms. The van der Waals surface area contributed by atoms with Gasteiger partial charge in [-0.1, -0.05) is 26.8 Å². The largest absolute Gasteiger partial charge is 0.355 e. The molecule has 2 amide bonds. The number of carbonyl (C=O) groups excluding carboxylic acids is 2. The van der Waals surface area contributed by atoms with Crippen LogP contribution in [0.25, 0.3) is 0 Å². The minimum absolute atomic E-state index is 0.0257. The van der Waals surface area contributed by atoms with Crippen molar-refractivity contribution in [2.75, 3.05) is 39.3 Å². The lowest BCUT2D eigenvalue weighted by Gasteiger charge is -2.34. The highest BCUT2D eigenvalue weighted by Crippen LogP contribution is 2.17. The molecule has 1 saturated heterocycles. The standard InChI is InChI=1S/C17H27N3O2S/c1-17(2,3)13-15(21)18-6-7-19-8-10-20(11-9-19)16(22)14-5-4-12-23-14/h4-5,12H,6-11,13H2,1-3H3,(H,18,21). The van der Waals surface area contributed by atoms with E-state index in [1.807, 2.05) is 22.4 Å². The van der Waals surface area contributed by atoms with Crippen LogP contribution in [-0.4, -0.2) is 60.9 Å². The Labute approximate surface area is 142 Å². The number of hydrogen-bond acceptors (Lipinski definition) is 4. The molecule has 0 radical (unpaired) electrons. The minimum atomic E-state index is 0.0257. The first-order chi connectivity index (χ1) is 10.8. The average Bonchev–Trinajstić information content (AvgIpc) is 2.99. The van der Waals surface area contributed by atoms with Gasteiger partial charge in [0.15, 0.2) is 0 Å². The summed E-state index contributed by atoms with van der Waals surface area (Å²) in [7, 11) is 0. The highest BCUT2D eigenvalue weighted by atomic mass is 32.1. The van der Waals surface area contributed by atoms with Crippen molar-refractivity contribution < 1.29 is 9.59 Å². The molecule has 6 heteroatoms. The molecule has 2 rings (SSSR count). The molecule has 1 aromatic rings. The second kappa shape index (κ2) is 7.93. The maximum absolute atomic E-state index is 12.3. The minimum Gasteiger partial charge on any atom is -0.355 e. The molecule has 0 atom stereocenters. The molecule has 23 heavy (non-hydrogen) atoms. The van der Waals surface area contributed by atoms with Crippen LogP contribution in [-0.2, 0) is 4.79 Å². The summed E-state index contributed by atoms with van der Waals surface area (Å²) in [5.74, 6) is 0.252. The van der Waals surface area contributed by atoms with Crippen LogP contribution in [0.1, 0.15) is 36.9 Å². The molecule has 0 bridgehead atoms. The Morgan fingerprint density at radius 1 is 1.22 bits per heavy atom. The van der Waals surface area contributed by atoms with E-state index in [9.17, 15) is 9.59 Å². The Morgan fingerprint density at radius 3 is 2.48 bits per heavy atom. The van der Waals surface area contributed by atoms with Crippen molar-refractivity contribution in [2.45, 2.75) is 27.2 Å². The Kier molecular flexibility index (Phi) is 6.18. The molecule has 0 unspecified atom stereocenters. The van der Waals surface area contributed by atoms with Gasteiger partial charge in [-0.2, -0.15) is 0 Å². The van der Waals surface area contributed by atoms with Gasteiger partial charge in [0.1, 0.15) is 0 Å². The van der Waals surface area contributed by atoms with Gasteiger partial charge in [-0.05, 0) is 16.9 Å². The molecule has 0 aliphatic carbocycles. The van der Waals surface area contributed by atoms with Gasteiger partial charge < -0.3 is 10.2 Å². The van der Waals surface area contributed by atoms with E-state index in [2.05, 4.69) is 31.0 Å². The second-order valence-corrected chi connectivity index (χ2v) is 8.15. The zero-order valence-electron chi connectivity index (χ0n) is 14.3. The van der Waals surface area contributed by atoms with E-state index >= 15 is 0 Å². The smallest absolute Gasteiger partial charge is 0.264 e. The lowest BCUT2D eigenvalue weighted by molar-refractivity contribution is -0.122. The van der Waals surface area contributed by atoms with Gasteiger partial charge in [-0.3, -0.25) is 14.5 Å². The van der Waals surface area contributed by atoms with Crippen LogP contribution in [0.4, 0.5) is 0 Å². The highest BCUT2D eigenvalue weighted by Gasteiger charge is 2.22. The van der Waals surface area contributed by atoms with Gasteiger partial charge in [-0.15, -0.1) is 11.3 Å². The number of carbonyl (C=O) groups is 2. The van der Waals surface area contributed by atoms with Crippen molar-refractivity contribution in [2.24, 2.45) is 5.41 Å². The van der Waals surface area contributed by atoms with Gasteiger partial charge >= 0.3 is 0 Å². The Balaban J connectivity index is 1.65. The van der Waals surface area contributed by atoms with E-state index in [0.29, 0.717) is 13.0 Å². The molecule has 5 nitrogen and oxygen atoms in total. The molecular formula is C17H27N3O2S. The van der Waals surface area contributed by atoms with Crippen molar-refractivity contribution in [3.05, 3.63) is 22.4 Å². The maximum atomic E-state index is 12.3. The molecule has 1 aliphatic rings. The van der Waals surface area contributed by atoms with Crippen LogP contribution >= 0.6 is 11.3 Å². The number of amides is 2. The summed E-state index contributed by atoms with van der Waals surface area (Å²) in [6.45, 7) is 11.0. The third-order valence-electron chi connectivity index (χ3n) is 3.83. The molecule has 0 aromatic carbocycles. The van der Waals surface area contributed by atoms with Crippen LogP contribution in [0, 0.1) is 5.41 Å². The molecule has 2 heterocycles. The van der Waals surface area contributed by atoms with Crippen LogP contribution in [0.3, 0.4) is 0 Å². The lowest BCUT2D eigenvalue weighted by atomic mass is 9.92. The number of hydrogen-bond donors (Lipinski definition) is 1. The fourth-order valence-corrected chi connectivity index (χ4v) is 3.32. The van der Waals surface area contributed by atoms with Crippen molar-refractivity contribution in [1.82, 2.24) is 15.1 Å². The Hall–Kier alpha value is -1.40. The first-order valence-corrected chi connectivity index (χ1v) is 9.05. The molecule has 0 saturated carbocycles. The first-order valence-electron chi connectivity index (χ1n) is 8.17. The van der Waals surface area contributed by atoms with Crippen molar-refractivity contribution >= 4 is 23.2 Å². The highest BCUT2D eigenvalue weighted by molar-refractivity contribution is 7.12. The molecule has 1 aromatic heterocycles. The number of nitrogens with one attached hydrogen (secondary N) is 1. The van der Waals surface area contributed by atoms with Gasteiger partial charge in [0.25, 0.3) is 5.91 Å². The van der Waals surface area contributed by atoms with Crippen LogP contribution in [0.15, 0.2) is 17.5 Å². The monoisotopic (exact) mass is 337 g/mol. The summed E-state index contributed by atoms with van der Waals surface area (Å²) in [4.78, 5) is 29.1. The molecular weight excluding hydrogens is 310 g/mol. The number of piperazine rings is 1. The number of thiophene rings is 1. The first kappa shape index (κ1) is 17.9. The van der Waals surface area contributed by atoms with Crippen LogP contribution in [0.2, 0.25) is 0 Å². The van der Waals surface area contributed by atoms with Crippen molar-refractivity contribution in [3.8, 4) is 0 Å². The van der Waals surface area contributed by atoms with E-state index in [-0.39, 0.29) is 17.2 Å². The Bertz CT molecular complexity index is 514. The summed E-state index contributed by atoms with van der Waals surface area (Å²) >= 11 is 1.49. The molecule has 1 fully saturated rings. The number of rotatable bonds is 5. The van der Waals surface area contributed by atoms with E-state index in [1.165, 1.54) is 11.3 Å². The predicted octanol–water partition coefficient (Wildman–Crippen LogP) is 2.06. The van der Waals surface area contributed by atoms with Crippen molar-refractivity contribution in [3.63, 3.8) is 0 Å². The number of nitrogens with zero attached hydrogens (tertiary/aromatic N) is 2. The van der Waals surface area contributed by atoms with Gasteiger partial charge in [0.2, 0.25) is 5.91 Å². The van der Waals surface area contributed by atoms with E-state index in [0.717, 1.165) is 37.6 Å². The van der Waals surface area contributed by atoms with Gasteiger partial charge in [-0.25, -0.2) is 0 Å². The predicted molar refractivity (Wildman–Crippen MR) is 93.7 cm³/mol. The van der Waals surface area contributed by atoms with Gasteiger partial charge in [0, 0.05) is 45.7 Å². The third kappa shape index (κ3) is 5.95. The van der Waals surface area contributed by atoms with E-state index in [4.69, 9.17) is 0 Å². The summed E-state index contributed by atoms with van der Waals surface area (Å²) < 4.78 is 0. The molecule has 1 N–H and O–H groups in total. The lowest BCUT2D eigenvalue weighted by Crippen LogP contribution is -2.50. The summed E-state index contributed by atoms with van der Waals surface area (Å²) in [6.07, 6.45) is 0.552. The normalized spacial score (nSPS) is 16.4. The van der Waals surface area contributed by atoms with Gasteiger partial charge in [0.05, 0.1) is 4.88 Å². The SMILES string of the molecule is CC(C)(C)CC(=O)NCCN1CCN(C(=O)c2cccs2)CC1. The third-order valence-corrected chi connectivity index (χ3v) is 4.69. The average molecular weight is 337 g/mol. The van der Waals surface area contributed by atoms with E-state index in [1.54, 1.807) is 0 Å². The zero-order valence-corrected chi connectivity index (χ0v) is 15.1. The summed E-state index contributed by atoms with van der Waals surface area (Å²) in [5.41, 5.74) is 0.0257. The fraction of sp³-hybridized carbons (Fsp3) is 0.647. The van der Waals surface area contributed by atoms with E-state index < -0.39 is 0 Å². The second-order valence-electron chi connectivity index (χ2n) is 7.20. The molecule has 1 aliphatic heterocycles. The zero-order chi connectivity index (χ0) is 16.9. The Morgan fingerprint density at radius 2 is 1.91 bits per heavy atom. The topological polar surface area (TPSA) is 52.7 Å². The quantitative estimate of drug-likeness (QED) is 0.895.